The van der Waals surface area contributed by atoms with Crippen molar-refractivity contribution in [2.24, 2.45) is 0 Å². The Labute approximate surface area is 156 Å². The van der Waals surface area contributed by atoms with E-state index in [-0.39, 0.29) is 22.3 Å². The van der Waals surface area contributed by atoms with Crippen LogP contribution in [0.25, 0.3) is 11.4 Å². The first-order valence-electron chi connectivity index (χ1n) is 8.17. The van der Waals surface area contributed by atoms with Crippen molar-refractivity contribution in [3.63, 3.8) is 0 Å². The minimum atomic E-state index is -3.77. The summed E-state index contributed by atoms with van der Waals surface area (Å²) in [6.45, 7) is 5.56. The summed E-state index contributed by atoms with van der Waals surface area (Å²) in [6, 6.07) is 3.98. The quantitative estimate of drug-likeness (QED) is 0.727. The van der Waals surface area contributed by atoms with Gasteiger partial charge in [-0.3, -0.25) is 4.79 Å². The fraction of sp³-hybridized carbons (Fsp3) is 0.353. The van der Waals surface area contributed by atoms with E-state index in [0.29, 0.717) is 12.4 Å². The second kappa shape index (κ2) is 7.89. The van der Waals surface area contributed by atoms with E-state index < -0.39 is 27.1 Å². The van der Waals surface area contributed by atoms with E-state index in [1.54, 1.807) is 20.8 Å². The molecule has 0 aliphatic carbocycles. The smallest absolute Gasteiger partial charge is 0.342 e. The number of carboxylic acids is 1. The molecule has 1 aromatic heterocycles. The molecule has 0 radical (unpaired) electrons. The van der Waals surface area contributed by atoms with Crippen LogP contribution < -0.4 is 10.3 Å². The van der Waals surface area contributed by atoms with Gasteiger partial charge in [0.25, 0.3) is 5.56 Å². The van der Waals surface area contributed by atoms with Crippen molar-refractivity contribution in [1.29, 1.82) is 0 Å². The minimum Gasteiger partial charge on any atom is -0.493 e. The number of ether oxygens (including phenoxy) is 1. The molecule has 2 N–H and O–H groups in total. The fourth-order valence-corrected chi connectivity index (χ4v) is 3.66. The third kappa shape index (κ3) is 4.17. The summed E-state index contributed by atoms with van der Waals surface area (Å²) < 4.78 is 32.2. The van der Waals surface area contributed by atoms with Gasteiger partial charge in [-0.25, -0.2) is 18.2 Å². The van der Waals surface area contributed by atoms with Crippen LogP contribution in [-0.2, 0) is 10.0 Å². The Bertz CT molecular complexity index is 1010. The first-order chi connectivity index (χ1) is 12.6. The van der Waals surface area contributed by atoms with Crippen LogP contribution in [0.3, 0.4) is 0 Å². The average Bonchev–Trinajstić information content (AvgIpc) is 2.60. The van der Waals surface area contributed by atoms with Gasteiger partial charge in [0.2, 0.25) is 10.0 Å². The number of hydrogen-bond donors (Lipinski definition) is 2. The maximum Gasteiger partial charge on any atom is 0.342 e. The number of hydrogen-bond acceptors (Lipinski definition) is 6. The van der Waals surface area contributed by atoms with Crippen LogP contribution in [-0.4, -0.2) is 53.5 Å². The van der Waals surface area contributed by atoms with Crippen molar-refractivity contribution in [2.45, 2.75) is 31.7 Å². The fourth-order valence-electron chi connectivity index (χ4n) is 2.26. The number of nitrogens with one attached hydrogen (secondary N) is 1. The second-order valence-electron chi connectivity index (χ2n) is 5.99. The van der Waals surface area contributed by atoms with Gasteiger partial charge in [-0.1, -0.05) is 0 Å². The van der Waals surface area contributed by atoms with Gasteiger partial charge in [0, 0.05) is 19.3 Å². The molecule has 0 saturated carbocycles. The molecule has 0 saturated heterocycles. The topological polar surface area (TPSA) is 130 Å². The number of aromatic nitrogens is 2. The molecule has 9 nitrogen and oxygen atoms in total. The molecule has 0 aliphatic heterocycles. The Morgan fingerprint density at radius 3 is 2.56 bits per heavy atom. The molecule has 0 aliphatic rings. The number of carbonyl (C=O) groups is 1. The Morgan fingerprint density at radius 2 is 2.04 bits per heavy atom. The van der Waals surface area contributed by atoms with E-state index >= 15 is 0 Å². The number of carboxylic acid groups (broad SMARTS) is 1. The molecule has 146 valence electrons. The van der Waals surface area contributed by atoms with E-state index in [2.05, 4.69) is 9.97 Å². The third-order valence-electron chi connectivity index (χ3n) is 3.94. The van der Waals surface area contributed by atoms with Crippen LogP contribution in [0.5, 0.6) is 5.75 Å². The van der Waals surface area contributed by atoms with Gasteiger partial charge >= 0.3 is 5.97 Å². The molecule has 1 heterocycles. The number of sulfonamides is 1. The summed E-state index contributed by atoms with van der Waals surface area (Å²) in [7, 11) is -2.30. The highest BCUT2D eigenvalue weighted by Crippen LogP contribution is 2.31. The largest absolute Gasteiger partial charge is 0.493 e. The SMILES string of the molecule is CCOc1ccc(S(=O)(=O)N(C)C(C)C)cc1-c1ncc(C(=O)O)c(=O)[nH]1. The van der Waals surface area contributed by atoms with Crippen LogP contribution in [0.2, 0.25) is 0 Å². The zero-order valence-corrected chi connectivity index (χ0v) is 16.2. The molecular weight excluding hydrogens is 374 g/mol. The van der Waals surface area contributed by atoms with E-state index in [4.69, 9.17) is 9.84 Å². The Hall–Kier alpha value is -2.72. The van der Waals surface area contributed by atoms with Crippen molar-refractivity contribution in [3.8, 4) is 17.1 Å². The van der Waals surface area contributed by atoms with Crippen LogP contribution in [0.4, 0.5) is 0 Å². The number of nitrogens with zero attached hydrogens (tertiary/aromatic N) is 2. The molecule has 0 amide bonds. The molecule has 0 atom stereocenters. The standard InChI is InChI=1S/C17H21N3O6S/c1-5-26-14-7-6-11(27(24,25)20(4)10(2)3)8-12(14)15-18-9-13(17(22)23)16(21)19-15/h6-10H,5H2,1-4H3,(H,22,23)(H,18,19,21). The molecular formula is C17H21N3O6S. The molecule has 1 aromatic carbocycles. The molecule has 2 aromatic rings. The first kappa shape index (κ1) is 20.6. The maximum absolute atomic E-state index is 12.8. The van der Waals surface area contributed by atoms with E-state index in [9.17, 15) is 18.0 Å². The van der Waals surface area contributed by atoms with Crippen LogP contribution in [0, 0.1) is 0 Å². The Morgan fingerprint density at radius 1 is 1.37 bits per heavy atom. The highest BCUT2D eigenvalue weighted by Gasteiger charge is 2.25. The highest BCUT2D eigenvalue weighted by molar-refractivity contribution is 7.89. The zero-order valence-electron chi connectivity index (χ0n) is 15.4. The maximum atomic E-state index is 12.8. The van der Waals surface area contributed by atoms with Crippen molar-refractivity contribution in [2.75, 3.05) is 13.7 Å². The number of H-pyrrole nitrogens is 1. The number of benzene rings is 1. The van der Waals surface area contributed by atoms with E-state index in [0.717, 1.165) is 6.20 Å². The van der Waals surface area contributed by atoms with Gasteiger partial charge < -0.3 is 14.8 Å². The summed E-state index contributed by atoms with van der Waals surface area (Å²) in [6.07, 6.45) is 0.924. The van der Waals surface area contributed by atoms with Crippen LogP contribution in [0.1, 0.15) is 31.1 Å². The minimum absolute atomic E-state index is 0.00196. The lowest BCUT2D eigenvalue weighted by Crippen LogP contribution is -2.33. The van der Waals surface area contributed by atoms with Crippen molar-refractivity contribution >= 4 is 16.0 Å². The van der Waals surface area contributed by atoms with Crippen LogP contribution in [0.15, 0.2) is 34.1 Å². The summed E-state index contributed by atoms with van der Waals surface area (Å²) >= 11 is 0. The third-order valence-corrected chi connectivity index (χ3v) is 5.97. The van der Waals surface area contributed by atoms with Crippen molar-refractivity contribution in [3.05, 3.63) is 40.3 Å². The van der Waals surface area contributed by atoms with E-state index in [1.165, 1.54) is 29.6 Å². The highest BCUT2D eigenvalue weighted by atomic mass is 32.2. The predicted molar refractivity (Wildman–Crippen MR) is 98.5 cm³/mol. The summed E-state index contributed by atoms with van der Waals surface area (Å²) in [4.78, 5) is 29.3. The van der Waals surface area contributed by atoms with Gasteiger partial charge in [0.05, 0.1) is 17.1 Å². The van der Waals surface area contributed by atoms with Crippen molar-refractivity contribution < 1.29 is 23.1 Å². The van der Waals surface area contributed by atoms with Gasteiger partial charge in [0.1, 0.15) is 17.1 Å². The van der Waals surface area contributed by atoms with Crippen LogP contribution >= 0.6 is 0 Å². The van der Waals surface area contributed by atoms with Gasteiger partial charge in [-0.15, -0.1) is 0 Å². The number of aromatic amines is 1. The summed E-state index contributed by atoms with van der Waals surface area (Å²) in [5.41, 5.74) is -1.12. The molecule has 27 heavy (non-hydrogen) atoms. The Balaban J connectivity index is 2.66. The molecule has 10 heteroatoms. The lowest BCUT2D eigenvalue weighted by Gasteiger charge is -2.21. The molecule has 0 spiro atoms. The predicted octanol–water partition coefficient (Wildman–Crippen LogP) is 1.56. The molecule has 2 rings (SSSR count). The van der Waals surface area contributed by atoms with Gasteiger partial charge in [-0.05, 0) is 39.0 Å². The summed E-state index contributed by atoms with van der Waals surface area (Å²) in [5, 5.41) is 8.96. The number of rotatable bonds is 7. The normalized spacial score (nSPS) is 11.8. The van der Waals surface area contributed by atoms with Gasteiger partial charge in [0.15, 0.2) is 0 Å². The average molecular weight is 395 g/mol. The zero-order chi connectivity index (χ0) is 20.4. The number of aromatic carboxylic acids is 1. The molecule has 0 bridgehead atoms. The second-order valence-corrected chi connectivity index (χ2v) is 7.98. The van der Waals surface area contributed by atoms with Gasteiger partial charge in [-0.2, -0.15) is 4.31 Å². The molecule has 0 unspecified atom stereocenters. The Kier molecular flexibility index (Phi) is 6.01. The van der Waals surface area contributed by atoms with Crippen molar-refractivity contribution in [1.82, 2.24) is 14.3 Å². The molecule has 0 fully saturated rings. The first-order valence-corrected chi connectivity index (χ1v) is 9.61. The lowest BCUT2D eigenvalue weighted by atomic mass is 10.2. The monoisotopic (exact) mass is 395 g/mol. The van der Waals surface area contributed by atoms with E-state index in [1.807, 2.05) is 0 Å². The lowest BCUT2D eigenvalue weighted by molar-refractivity contribution is 0.0694. The summed E-state index contributed by atoms with van der Waals surface area (Å²) in [5.74, 6) is -1.08.